The van der Waals surface area contributed by atoms with Crippen molar-refractivity contribution in [3.8, 4) is 11.4 Å². The summed E-state index contributed by atoms with van der Waals surface area (Å²) in [6, 6.07) is 7.84. The van der Waals surface area contributed by atoms with E-state index in [-0.39, 0.29) is 5.91 Å². The zero-order valence-corrected chi connectivity index (χ0v) is 15.7. The smallest absolute Gasteiger partial charge is 0.263 e. The van der Waals surface area contributed by atoms with E-state index in [0.717, 1.165) is 48.7 Å². The van der Waals surface area contributed by atoms with Crippen molar-refractivity contribution < 1.29 is 4.79 Å². The summed E-state index contributed by atoms with van der Waals surface area (Å²) in [6.45, 7) is 4.70. The number of nitrogens with zero attached hydrogens (tertiary/aromatic N) is 4. The van der Waals surface area contributed by atoms with Crippen LogP contribution < -0.4 is 0 Å². The second-order valence-electron chi connectivity index (χ2n) is 6.79. The van der Waals surface area contributed by atoms with Crippen molar-refractivity contribution in [1.29, 1.82) is 0 Å². The average Bonchev–Trinajstić information content (AvgIpc) is 3.34. The van der Waals surface area contributed by atoms with Crippen molar-refractivity contribution in [2.45, 2.75) is 26.3 Å². The molecular formula is C20H22N4OS. The van der Waals surface area contributed by atoms with E-state index in [1.54, 1.807) is 6.20 Å². The Balaban J connectivity index is 1.42. The van der Waals surface area contributed by atoms with E-state index in [9.17, 15) is 4.79 Å². The fourth-order valence-corrected chi connectivity index (χ4v) is 4.24. The summed E-state index contributed by atoms with van der Waals surface area (Å²) in [5, 5.41) is 1.96. The molecule has 5 nitrogen and oxygen atoms in total. The average molecular weight is 366 g/mol. The molecule has 0 bridgehead atoms. The number of aryl methyl sites for hydroxylation is 1. The van der Waals surface area contributed by atoms with Gasteiger partial charge in [0.25, 0.3) is 5.91 Å². The van der Waals surface area contributed by atoms with Crippen LogP contribution in [0.5, 0.6) is 0 Å². The van der Waals surface area contributed by atoms with Gasteiger partial charge in [-0.2, -0.15) is 0 Å². The van der Waals surface area contributed by atoms with Gasteiger partial charge in [-0.15, -0.1) is 11.3 Å². The predicted molar refractivity (Wildman–Crippen MR) is 103 cm³/mol. The van der Waals surface area contributed by atoms with E-state index in [1.165, 1.54) is 17.0 Å². The van der Waals surface area contributed by atoms with Crippen LogP contribution >= 0.6 is 11.3 Å². The molecule has 0 unspecified atom stereocenters. The Hall–Kier alpha value is -2.47. The summed E-state index contributed by atoms with van der Waals surface area (Å²) in [5.41, 5.74) is 2.21. The Kier molecular flexibility index (Phi) is 4.84. The summed E-state index contributed by atoms with van der Waals surface area (Å²) in [6.07, 6.45) is 7.63. The predicted octanol–water partition coefficient (Wildman–Crippen LogP) is 3.87. The Morgan fingerprint density at radius 2 is 2.08 bits per heavy atom. The number of likely N-dealkylation sites (tertiary alicyclic amines) is 1. The van der Waals surface area contributed by atoms with Gasteiger partial charge in [-0.25, -0.2) is 4.98 Å². The van der Waals surface area contributed by atoms with Crippen LogP contribution in [0.3, 0.4) is 0 Å². The highest BCUT2D eigenvalue weighted by Crippen LogP contribution is 2.25. The third kappa shape index (κ3) is 3.42. The number of carbonyl (C=O) groups is 1. The van der Waals surface area contributed by atoms with Crippen LogP contribution in [-0.2, 0) is 6.54 Å². The topological polar surface area (TPSA) is 51.0 Å². The first-order valence-electron chi connectivity index (χ1n) is 8.97. The largest absolute Gasteiger partial charge is 0.338 e. The zero-order valence-electron chi connectivity index (χ0n) is 14.8. The van der Waals surface area contributed by atoms with Gasteiger partial charge >= 0.3 is 0 Å². The molecule has 0 atom stereocenters. The van der Waals surface area contributed by atoms with Crippen molar-refractivity contribution in [3.63, 3.8) is 0 Å². The molecule has 1 amide bonds. The van der Waals surface area contributed by atoms with Crippen molar-refractivity contribution in [2.75, 3.05) is 13.1 Å². The normalized spacial score (nSPS) is 15.3. The Bertz CT molecular complexity index is 865. The minimum absolute atomic E-state index is 0.174. The summed E-state index contributed by atoms with van der Waals surface area (Å²) in [4.78, 5) is 24.1. The molecule has 0 spiro atoms. The number of piperidine rings is 1. The Labute approximate surface area is 157 Å². The van der Waals surface area contributed by atoms with Crippen LogP contribution in [0.15, 0.2) is 48.2 Å². The maximum atomic E-state index is 12.5. The van der Waals surface area contributed by atoms with Crippen molar-refractivity contribution >= 4 is 17.2 Å². The van der Waals surface area contributed by atoms with E-state index < -0.39 is 0 Å². The number of thiophene rings is 1. The molecule has 0 saturated carbocycles. The molecule has 1 aliphatic heterocycles. The maximum Gasteiger partial charge on any atom is 0.263 e. The molecule has 1 aliphatic rings. The van der Waals surface area contributed by atoms with Crippen LogP contribution in [-0.4, -0.2) is 38.4 Å². The molecule has 1 saturated heterocycles. The van der Waals surface area contributed by atoms with Gasteiger partial charge in [-0.1, -0.05) is 6.07 Å². The quantitative estimate of drug-likeness (QED) is 0.704. The number of imidazole rings is 1. The lowest BCUT2D eigenvalue weighted by Gasteiger charge is -2.32. The molecule has 134 valence electrons. The number of aromatic nitrogens is 3. The van der Waals surface area contributed by atoms with Gasteiger partial charge in [-0.3, -0.25) is 9.78 Å². The molecule has 3 aromatic heterocycles. The molecule has 4 heterocycles. The van der Waals surface area contributed by atoms with Gasteiger partial charge in [0, 0.05) is 49.5 Å². The number of pyridine rings is 1. The van der Waals surface area contributed by atoms with Gasteiger partial charge < -0.3 is 9.47 Å². The number of rotatable bonds is 4. The third-order valence-electron chi connectivity index (χ3n) is 5.05. The lowest BCUT2D eigenvalue weighted by atomic mass is 9.96. The molecular weight excluding hydrogens is 344 g/mol. The van der Waals surface area contributed by atoms with Crippen molar-refractivity contribution in [3.05, 3.63) is 58.8 Å². The molecule has 4 rings (SSSR count). The zero-order chi connectivity index (χ0) is 17.9. The Morgan fingerprint density at radius 3 is 2.77 bits per heavy atom. The first-order chi connectivity index (χ1) is 12.7. The molecule has 1 fully saturated rings. The van der Waals surface area contributed by atoms with Crippen LogP contribution in [0.4, 0.5) is 0 Å². The van der Waals surface area contributed by atoms with Crippen LogP contribution in [0.25, 0.3) is 11.4 Å². The van der Waals surface area contributed by atoms with Crippen LogP contribution in [0.1, 0.15) is 28.2 Å². The summed E-state index contributed by atoms with van der Waals surface area (Å²) in [7, 11) is 0. The molecule has 6 heteroatoms. The SMILES string of the molecule is Cc1cnc(-c2cccnc2)n1CC1CCN(C(=O)c2cccs2)CC1. The number of hydrogen-bond donors (Lipinski definition) is 0. The lowest BCUT2D eigenvalue weighted by molar-refractivity contribution is 0.0687. The monoisotopic (exact) mass is 366 g/mol. The van der Waals surface area contributed by atoms with Crippen molar-refractivity contribution in [2.24, 2.45) is 5.92 Å². The first-order valence-corrected chi connectivity index (χ1v) is 9.85. The summed E-state index contributed by atoms with van der Waals surface area (Å²) < 4.78 is 2.29. The van der Waals surface area contributed by atoms with E-state index in [2.05, 4.69) is 21.5 Å². The highest BCUT2D eigenvalue weighted by molar-refractivity contribution is 7.12. The van der Waals surface area contributed by atoms with Crippen molar-refractivity contribution in [1.82, 2.24) is 19.4 Å². The van der Waals surface area contributed by atoms with Gasteiger partial charge in [0.05, 0.1) is 4.88 Å². The second-order valence-corrected chi connectivity index (χ2v) is 7.74. The number of hydrogen-bond acceptors (Lipinski definition) is 4. The van der Waals surface area contributed by atoms with Gasteiger partial charge in [0.2, 0.25) is 0 Å². The molecule has 0 radical (unpaired) electrons. The highest BCUT2D eigenvalue weighted by atomic mass is 32.1. The highest BCUT2D eigenvalue weighted by Gasteiger charge is 2.25. The molecule has 0 N–H and O–H groups in total. The van der Waals surface area contributed by atoms with Crippen LogP contribution in [0.2, 0.25) is 0 Å². The van der Waals surface area contributed by atoms with Gasteiger partial charge in [0.1, 0.15) is 5.82 Å². The fraction of sp³-hybridized carbons (Fsp3) is 0.350. The summed E-state index contributed by atoms with van der Waals surface area (Å²) in [5.74, 6) is 1.71. The molecule has 3 aromatic rings. The minimum atomic E-state index is 0.174. The van der Waals surface area contributed by atoms with E-state index in [0.29, 0.717) is 5.92 Å². The molecule has 26 heavy (non-hydrogen) atoms. The lowest BCUT2D eigenvalue weighted by Crippen LogP contribution is -2.39. The second kappa shape index (κ2) is 7.41. The van der Waals surface area contributed by atoms with E-state index in [4.69, 9.17) is 0 Å². The maximum absolute atomic E-state index is 12.5. The first kappa shape index (κ1) is 17.0. The third-order valence-corrected chi connectivity index (χ3v) is 5.91. The van der Waals surface area contributed by atoms with Gasteiger partial charge in [-0.05, 0) is 49.3 Å². The van der Waals surface area contributed by atoms with Crippen LogP contribution in [0, 0.1) is 12.8 Å². The summed E-state index contributed by atoms with van der Waals surface area (Å²) >= 11 is 1.52. The molecule has 0 aliphatic carbocycles. The number of amides is 1. The van der Waals surface area contributed by atoms with E-state index in [1.807, 2.05) is 46.9 Å². The fourth-order valence-electron chi connectivity index (χ4n) is 3.55. The Morgan fingerprint density at radius 1 is 1.23 bits per heavy atom. The minimum Gasteiger partial charge on any atom is -0.338 e. The molecule has 0 aromatic carbocycles. The van der Waals surface area contributed by atoms with Gasteiger partial charge in [0.15, 0.2) is 0 Å². The standard InChI is InChI=1S/C20H22N4OS/c1-15-12-22-19(17-4-2-8-21-13-17)24(15)14-16-6-9-23(10-7-16)20(25)18-5-3-11-26-18/h2-5,8,11-13,16H,6-7,9-10,14H2,1H3. The number of carbonyl (C=O) groups excluding carboxylic acids is 1. The van der Waals surface area contributed by atoms with E-state index >= 15 is 0 Å².